The van der Waals surface area contributed by atoms with Crippen LogP contribution in [-0.2, 0) is 11.4 Å². The van der Waals surface area contributed by atoms with Gasteiger partial charge in [-0.1, -0.05) is 65.7 Å². The predicted molar refractivity (Wildman–Crippen MR) is 126 cm³/mol. The number of para-hydroxylation sites is 1. The lowest BCUT2D eigenvalue weighted by molar-refractivity contribution is -0.120. The van der Waals surface area contributed by atoms with Crippen molar-refractivity contribution < 1.29 is 14.3 Å². The van der Waals surface area contributed by atoms with Crippen molar-refractivity contribution in [2.45, 2.75) is 13.0 Å². The molecule has 0 aliphatic heterocycles. The van der Waals surface area contributed by atoms with Gasteiger partial charge in [-0.3, -0.25) is 9.59 Å². The summed E-state index contributed by atoms with van der Waals surface area (Å²) in [5.74, 6) is -0.0222. The van der Waals surface area contributed by atoms with E-state index in [4.69, 9.17) is 27.9 Å². The fourth-order valence-corrected chi connectivity index (χ4v) is 3.01. The molecule has 0 bridgehead atoms. The number of hydrazone groups is 1. The lowest BCUT2D eigenvalue weighted by atomic mass is 10.2. The third-order valence-electron chi connectivity index (χ3n) is 4.37. The summed E-state index contributed by atoms with van der Waals surface area (Å²) in [5, 5.41) is 7.30. The first-order valence-corrected chi connectivity index (χ1v) is 10.6. The van der Waals surface area contributed by atoms with Crippen LogP contribution in [-0.4, -0.2) is 24.6 Å². The molecule has 8 heteroatoms. The van der Waals surface area contributed by atoms with E-state index in [1.54, 1.807) is 12.1 Å². The Morgan fingerprint density at radius 2 is 1.69 bits per heavy atom. The fraction of sp³-hybridized carbons (Fsp3) is 0.125. The van der Waals surface area contributed by atoms with Gasteiger partial charge in [0.05, 0.1) is 16.3 Å². The van der Waals surface area contributed by atoms with Gasteiger partial charge in [0.2, 0.25) is 5.91 Å². The van der Waals surface area contributed by atoms with Crippen LogP contribution < -0.4 is 15.5 Å². The Bertz CT molecular complexity index is 1100. The van der Waals surface area contributed by atoms with Gasteiger partial charge in [0.25, 0.3) is 5.91 Å². The predicted octanol–water partition coefficient (Wildman–Crippen LogP) is 4.84. The molecule has 0 aliphatic carbocycles. The quantitative estimate of drug-likeness (QED) is 0.347. The summed E-state index contributed by atoms with van der Waals surface area (Å²) in [5.41, 5.74) is 4.60. The minimum absolute atomic E-state index is 0.0660. The molecular formula is C24H21Cl2N3O3. The van der Waals surface area contributed by atoms with Gasteiger partial charge < -0.3 is 10.1 Å². The molecule has 0 heterocycles. The first-order chi connectivity index (χ1) is 15.5. The summed E-state index contributed by atoms with van der Waals surface area (Å²) >= 11 is 11.8. The summed E-state index contributed by atoms with van der Waals surface area (Å²) in [7, 11) is 0. The molecule has 2 amide bonds. The van der Waals surface area contributed by atoms with Crippen LogP contribution in [0.3, 0.4) is 0 Å². The number of amides is 2. The molecule has 0 aliphatic rings. The van der Waals surface area contributed by atoms with Crippen molar-refractivity contribution in [1.29, 1.82) is 0 Å². The van der Waals surface area contributed by atoms with E-state index in [9.17, 15) is 9.59 Å². The standard InChI is InChI=1S/C24H21Cl2N3O3/c25-20-11-10-18(14-21(20)26)24(31)27-13-12-23(30)29-28-15-19-8-4-5-9-22(19)32-16-17-6-2-1-3-7-17/h1-11,14-15H,12-13,16H2,(H,27,31)(H,29,30). The van der Waals surface area contributed by atoms with Crippen LogP contribution in [0, 0.1) is 0 Å². The van der Waals surface area contributed by atoms with Crippen molar-refractivity contribution in [1.82, 2.24) is 10.7 Å². The molecule has 164 valence electrons. The summed E-state index contributed by atoms with van der Waals surface area (Å²) in [6.07, 6.45) is 1.59. The van der Waals surface area contributed by atoms with E-state index < -0.39 is 0 Å². The topological polar surface area (TPSA) is 79.8 Å². The lowest BCUT2D eigenvalue weighted by Crippen LogP contribution is -2.29. The highest BCUT2D eigenvalue weighted by molar-refractivity contribution is 6.42. The van der Waals surface area contributed by atoms with Crippen molar-refractivity contribution in [3.8, 4) is 5.75 Å². The molecule has 3 rings (SSSR count). The second-order valence-corrected chi connectivity index (χ2v) is 7.55. The van der Waals surface area contributed by atoms with E-state index in [-0.39, 0.29) is 24.8 Å². The number of nitrogens with zero attached hydrogens (tertiary/aromatic N) is 1. The van der Waals surface area contributed by atoms with Gasteiger partial charge in [-0.05, 0) is 35.9 Å². The van der Waals surface area contributed by atoms with Crippen molar-refractivity contribution >= 4 is 41.2 Å². The molecule has 6 nitrogen and oxygen atoms in total. The van der Waals surface area contributed by atoms with Crippen LogP contribution >= 0.6 is 23.2 Å². The van der Waals surface area contributed by atoms with Gasteiger partial charge in [-0.15, -0.1) is 0 Å². The molecular weight excluding hydrogens is 449 g/mol. The first-order valence-electron chi connectivity index (χ1n) is 9.84. The Hall–Kier alpha value is -3.35. The summed E-state index contributed by atoms with van der Waals surface area (Å²) < 4.78 is 5.86. The number of halogens is 2. The van der Waals surface area contributed by atoms with E-state index in [0.717, 1.165) is 11.1 Å². The van der Waals surface area contributed by atoms with Crippen LogP contribution in [0.15, 0.2) is 77.9 Å². The molecule has 0 fully saturated rings. The average molecular weight is 470 g/mol. The number of hydrogen-bond donors (Lipinski definition) is 2. The Labute approximate surface area is 196 Å². The lowest BCUT2D eigenvalue weighted by Gasteiger charge is -2.09. The molecule has 0 saturated carbocycles. The van der Waals surface area contributed by atoms with E-state index in [1.807, 2.05) is 54.6 Å². The van der Waals surface area contributed by atoms with Crippen molar-refractivity contribution in [3.63, 3.8) is 0 Å². The third-order valence-corrected chi connectivity index (χ3v) is 5.11. The van der Waals surface area contributed by atoms with Gasteiger partial charge >= 0.3 is 0 Å². The number of ether oxygens (including phenoxy) is 1. The third kappa shape index (κ3) is 7.11. The molecule has 0 unspecified atom stereocenters. The highest BCUT2D eigenvalue weighted by atomic mass is 35.5. The second kappa shape index (κ2) is 11.9. The van der Waals surface area contributed by atoms with E-state index >= 15 is 0 Å². The number of carbonyl (C=O) groups excluding carboxylic acids is 2. The van der Waals surface area contributed by atoms with Crippen molar-refractivity contribution in [3.05, 3.63) is 99.5 Å². The Kier molecular flexibility index (Phi) is 8.66. The van der Waals surface area contributed by atoms with E-state index in [0.29, 0.717) is 28.0 Å². The minimum atomic E-state index is -0.343. The number of rotatable bonds is 9. The smallest absolute Gasteiger partial charge is 0.251 e. The van der Waals surface area contributed by atoms with E-state index in [2.05, 4.69) is 15.8 Å². The molecule has 0 radical (unpaired) electrons. The molecule has 0 saturated heterocycles. The molecule has 0 atom stereocenters. The second-order valence-electron chi connectivity index (χ2n) is 6.74. The van der Waals surface area contributed by atoms with Crippen molar-refractivity contribution in [2.75, 3.05) is 6.54 Å². The molecule has 32 heavy (non-hydrogen) atoms. The number of carbonyl (C=O) groups is 2. The Morgan fingerprint density at radius 1 is 0.938 bits per heavy atom. The maximum atomic E-state index is 12.1. The normalized spacial score (nSPS) is 10.7. The minimum Gasteiger partial charge on any atom is -0.488 e. The summed E-state index contributed by atoms with van der Waals surface area (Å²) in [4.78, 5) is 24.1. The largest absolute Gasteiger partial charge is 0.488 e. The Balaban J connectivity index is 1.45. The fourth-order valence-electron chi connectivity index (χ4n) is 2.71. The molecule has 2 N–H and O–H groups in total. The number of hydrogen-bond acceptors (Lipinski definition) is 4. The molecule has 3 aromatic carbocycles. The zero-order chi connectivity index (χ0) is 22.8. The maximum Gasteiger partial charge on any atom is 0.251 e. The summed E-state index contributed by atoms with van der Waals surface area (Å²) in [6, 6.07) is 21.8. The maximum absolute atomic E-state index is 12.1. The van der Waals surface area contributed by atoms with Gasteiger partial charge in [0, 0.05) is 24.1 Å². The van der Waals surface area contributed by atoms with Crippen LogP contribution in [0.1, 0.15) is 27.9 Å². The molecule has 3 aromatic rings. The average Bonchev–Trinajstić information content (AvgIpc) is 2.81. The van der Waals surface area contributed by atoms with Gasteiger partial charge in [-0.25, -0.2) is 5.43 Å². The van der Waals surface area contributed by atoms with Crippen LogP contribution in [0.5, 0.6) is 5.75 Å². The van der Waals surface area contributed by atoms with Gasteiger partial charge in [0.15, 0.2) is 0 Å². The zero-order valence-electron chi connectivity index (χ0n) is 17.1. The van der Waals surface area contributed by atoms with Crippen molar-refractivity contribution in [2.24, 2.45) is 5.10 Å². The van der Waals surface area contributed by atoms with Gasteiger partial charge in [0.1, 0.15) is 12.4 Å². The highest BCUT2D eigenvalue weighted by Gasteiger charge is 2.09. The summed E-state index contributed by atoms with van der Waals surface area (Å²) in [6.45, 7) is 0.577. The van der Waals surface area contributed by atoms with Crippen LogP contribution in [0.25, 0.3) is 0 Å². The van der Waals surface area contributed by atoms with E-state index in [1.165, 1.54) is 12.3 Å². The first kappa shape index (κ1) is 23.3. The zero-order valence-corrected chi connectivity index (χ0v) is 18.6. The Morgan fingerprint density at radius 3 is 2.47 bits per heavy atom. The number of nitrogens with one attached hydrogen (secondary N) is 2. The highest BCUT2D eigenvalue weighted by Crippen LogP contribution is 2.22. The number of benzene rings is 3. The molecule has 0 aromatic heterocycles. The van der Waals surface area contributed by atoms with Crippen LogP contribution in [0.2, 0.25) is 10.0 Å². The van der Waals surface area contributed by atoms with Crippen LogP contribution in [0.4, 0.5) is 0 Å². The monoisotopic (exact) mass is 469 g/mol. The van der Waals surface area contributed by atoms with Gasteiger partial charge in [-0.2, -0.15) is 5.10 Å². The molecule has 0 spiro atoms. The SMILES string of the molecule is O=C(CCNC(=O)c1ccc(Cl)c(Cl)c1)NN=Cc1ccccc1OCc1ccccc1.